The van der Waals surface area contributed by atoms with Gasteiger partial charge in [-0.2, -0.15) is 0 Å². The summed E-state index contributed by atoms with van der Waals surface area (Å²) in [5.74, 6) is 0.654. The van der Waals surface area contributed by atoms with E-state index in [1.807, 2.05) is 30.3 Å². The van der Waals surface area contributed by atoms with Gasteiger partial charge in [0.1, 0.15) is 0 Å². The SMILES string of the molecule is CCCC(C)CC(=O)c1cccc2cccnc12. The second-order valence-corrected chi connectivity index (χ2v) is 4.90. The highest BCUT2D eigenvalue weighted by atomic mass is 16.1. The molecule has 2 nitrogen and oxygen atoms in total. The van der Waals surface area contributed by atoms with E-state index in [2.05, 4.69) is 18.8 Å². The molecule has 0 bridgehead atoms. The summed E-state index contributed by atoms with van der Waals surface area (Å²) in [7, 11) is 0. The van der Waals surface area contributed by atoms with Crippen LogP contribution in [0.3, 0.4) is 0 Å². The smallest absolute Gasteiger partial charge is 0.165 e. The van der Waals surface area contributed by atoms with Crippen molar-refractivity contribution in [3.05, 3.63) is 42.1 Å². The number of carbonyl (C=O) groups excluding carboxylic acids is 1. The molecule has 0 saturated heterocycles. The van der Waals surface area contributed by atoms with Crippen LogP contribution in [0.5, 0.6) is 0 Å². The Morgan fingerprint density at radius 1 is 1.28 bits per heavy atom. The summed E-state index contributed by atoms with van der Waals surface area (Å²) in [4.78, 5) is 16.6. The molecule has 2 rings (SSSR count). The Morgan fingerprint density at radius 2 is 2.06 bits per heavy atom. The average molecular weight is 241 g/mol. The summed E-state index contributed by atoms with van der Waals surface area (Å²) in [5.41, 5.74) is 1.59. The van der Waals surface area contributed by atoms with Gasteiger partial charge in [0.05, 0.1) is 5.52 Å². The van der Waals surface area contributed by atoms with Gasteiger partial charge in [-0.3, -0.25) is 9.78 Å². The minimum absolute atomic E-state index is 0.209. The van der Waals surface area contributed by atoms with E-state index in [0.717, 1.165) is 29.3 Å². The van der Waals surface area contributed by atoms with Gasteiger partial charge in [0.2, 0.25) is 0 Å². The number of nitrogens with zero attached hydrogens (tertiary/aromatic N) is 1. The molecular formula is C16H19NO. The largest absolute Gasteiger partial charge is 0.294 e. The highest BCUT2D eigenvalue weighted by Crippen LogP contribution is 2.20. The molecule has 1 unspecified atom stereocenters. The summed E-state index contributed by atoms with van der Waals surface area (Å²) >= 11 is 0. The number of ketones is 1. The second-order valence-electron chi connectivity index (χ2n) is 4.90. The van der Waals surface area contributed by atoms with Crippen molar-refractivity contribution in [3.8, 4) is 0 Å². The van der Waals surface area contributed by atoms with E-state index in [4.69, 9.17) is 0 Å². The van der Waals surface area contributed by atoms with Gasteiger partial charge in [-0.05, 0) is 18.1 Å². The van der Waals surface area contributed by atoms with Crippen LogP contribution in [0, 0.1) is 5.92 Å². The Balaban J connectivity index is 2.28. The number of benzene rings is 1. The number of rotatable bonds is 5. The quantitative estimate of drug-likeness (QED) is 0.733. The van der Waals surface area contributed by atoms with Crippen LogP contribution in [-0.4, -0.2) is 10.8 Å². The first-order valence-corrected chi connectivity index (χ1v) is 6.59. The topological polar surface area (TPSA) is 30.0 Å². The molecule has 0 fully saturated rings. The number of fused-ring (bicyclic) bond motifs is 1. The van der Waals surface area contributed by atoms with E-state index in [0.29, 0.717) is 12.3 Å². The fourth-order valence-electron chi connectivity index (χ4n) is 2.35. The molecule has 2 aromatic rings. The highest BCUT2D eigenvalue weighted by molar-refractivity contribution is 6.06. The van der Waals surface area contributed by atoms with Gasteiger partial charge in [0.25, 0.3) is 0 Å². The Hall–Kier alpha value is -1.70. The van der Waals surface area contributed by atoms with Crippen molar-refractivity contribution in [2.75, 3.05) is 0 Å². The molecule has 0 saturated carbocycles. The van der Waals surface area contributed by atoms with Crippen molar-refractivity contribution in [1.82, 2.24) is 4.98 Å². The van der Waals surface area contributed by atoms with Gasteiger partial charge >= 0.3 is 0 Å². The van der Waals surface area contributed by atoms with E-state index in [9.17, 15) is 4.79 Å². The summed E-state index contributed by atoms with van der Waals surface area (Å²) in [6, 6.07) is 9.71. The van der Waals surface area contributed by atoms with Crippen molar-refractivity contribution in [3.63, 3.8) is 0 Å². The normalized spacial score (nSPS) is 12.6. The molecular weight excluding hydrogens is 222 g/mol. The molecule has 1 aromatic heterocycles. The van der Waals surface area contributed by atoms with Crippen LogP contribution in [0.4, 0.5) is 0 Å². The number of pyridine rings is 1. The van der Waals surface area contributed by atoms with E-state index in [1.54, 1.807) is 6.20 Å². The molecule has 0 spiro atoms. The third kappa shape index (κ3) is 2.76. The third-order valence-corrected chi connectivity index (χ3v) is 3.25. The Bertz CT molecular complexity index is 542. The van der Waals surface area contributed by atoms with Crippen molar-refractivity contribution < 1.29 is 4.79 Å². The zero-order valence-electron chi connectivity index (χ0n) is 11.0. The molecule has 0 aliphatic carbocycles. The molecule has 0 radical (unpaired) electrons. The number of hydrogen-bond acceptors (Lipinski definition) is 2. The van der Waals surface area contributed by atoms with E-state index in [-0.39, 0.29) is 5.78 Å². The van der Waals surface area contributed by atoms with Crippen LogP contribution in [0.25, 0.3) is 10.9 Å². The fourth-order valence-corrected chi connectivity index (χ4v) is 2.35. The average Bonchev–Trinajstić information content (AvgIpc) is 2.38. The van der Waals surface area contributed by atoms with Crippen molar-refractivity contribution in [1.29, 1.82) is 0 Å². The van der Waals surface area contributed by atoms with Gasteiger partial charge in [0.15, 0.2) is 5.78 Å². The summed E-state index contributed by atoms with van der Waals surface area (Å²) < 4.78 is 0. The molecule has 0 N–H and O–H groups in total. The molecule has 2 heteroatoms. The number of Topliss-reactive ketones (excluding diaryl/α,β-unsaturated/α-hetero) is 1. The Morgan fingerprint density at radius 3 is 2.83 bits per heavy atom. The lowest BCUT2D eigenvalue weighted by Crippen LogP contribution is -2.07. The molecule has 1 heterocycles. The Labute approximate surface area is 108 Å². The maximum absolute atomic E-state index is 12.3. The maximum Gasteiger partial charge on any atom is 0.165 e. The molecule has 0 aliphatic rings. The zero-order chi connectivity index (χ0) is 13.0. The second kappa shape index (κ2) is 5.76. The van der Waals surface area contributed by atoms with Gasteiger partial charge in [-0.25, -0.2) is 0 Å². The first-order chi connectivity index (χ1) is 8.72. The maximum atomic E-state index is 12.3. The van der Waals surface area contributed by atoms with Crippen molar-refractivity contribution in [2.45, 2.75) is 33.1 Å². The highest BCUT2D eigenvalue weighted by Gasteiger charge is 2.13. The monoisotopic (exact) mass is 241 g/mol. The molecule has 0 amide bonds. The van der Waals surface area contributed by atoms with Gasteiger partial charge in [0, 0.05) is 23.6 Å². The van der Waals surface area contributed by atoms with Gasteiger partial charge < -0.3 is 0 Å². The number of hydrogen-bond donors (Lipinski definition) is 0. The fraction of sp³-hybridized carbons (Fsp3) is 0.375. The predicted molar refractivity (Wildman–Crippen MR) is 74.8 cm³/mol. The van der Waals surface area contributed by atoms with Crippen molar-refractivity contribution in [2.24, 2.45) is 5.92 Å². The summed E-state index contributed by atoms with van der Waals surface area (Å²) in [6.45, 7) is 4.29. The minimum atomic E-state index is 0.209. The summed E-state index contributed by atoms with van der Waals surface area (Å²) in [6.07, 6.45) is 4.59. The van der Waals surface area contributed by atoms with Crippen LogP contribution < -0.4 is 0 Å². The zero-order valence-corrected chi connectivity index (χ0v) is 11.0. The standard InChI is InChI=1S/C16H19NO/c1-3-6-12(2)11-15(18)14-9-4-7-13-8-5-10-17-16(13)14/h4-5,7-10,12H,3,6,11H2,1-2H3. The molecule has 18 heavy (non-hydrogen) atoms. The lowest BCUT2D eigenvalue weighted by Gasteiger charge is -2.10. The first kappa shape index (κ1) is 12.7. The molecule has 1 atom stereocenters. The Kier molecular flexibility index (Phi) is 4.08. The molecule has 1 aromatic carbocycles. The molecule has 94 valence electrons. The van der Waals surface area contributed by atoms with Gasteiger partial charge in [-0.15, -0.1) is 0 Å². The molecule has 0 aliphatic heterocycles. The van der Waals surface area contributed by atoms with Crippen LogP contribution in [0.2, 0.25) is 0 Å². The van der Waals surface area contributed by atoms with E-state index < -0.39 is 0 Å². The number of aromatic nitrogens is 1. The van der Waals surface area contributed by atoms with Crippen LogP contribution >= 0.6 is 0 Å². The predicted octanol–water partition coefficient (Wildman–Crippen LogP) is 4.24. The van der Waals surface area contributed by atoms with Crippen LogP contribution in [0.1, 0.15) is 43.5 Å². The third-order valence-electron chi connectivity index (χ3n) is 3.25. The first-order valence-electron chi connectivity index (χ1n) is 6.59. The lowest BCUT2D eigenvalue weighted by atomic mass is 9.95. The number of para-hydroxylation sites is 1. The van der Waals surface area contributed by atoms with Gasteiger partial charge in [-0.1, -0.05) is 44.9 Å². The van der Waals surface area contributed by atoms with Crippen LogP contribution in [0.15, 0.2) is 36.5 Å². The van der Waals surface area contributed by atoms with E-state index >= 15 is 0 Å². The lowest BCUT2D eigenvalue weighted by molar-refractivity contribution is 0.0964. The van der Waals surface area contributed by atoms with E-state index in [1.165, 1.54) is 0 Å². The van der Waals surface area contributed by atoms with Crippen molar-refractivity contribution >= 4 is 16.7 Å². The summed E-state index contributed by atoms with van der Waals surface area (Å²) in [5, 5.41) is 1.03. The van der Waals surface area contributed by atoms with Crippen LogP contribution in [-0.2, 0) is 0 Å². The minimum Gasteiger partial charge on any atom is -0.294 e. The number of carbonyl (C=O) groups is 1.